The summed E-state index contributed by atoms with van der Waals surface area (Å²) in [7, 11) is 1.71. The van der Waals surface area contributed by atoms with Crippen molar-refractivity contribution in [2.45, 2.75) is 57.7 Å². The Morgan fingerprint density at radius 3 is 2.46 bits per heavy atom. The Morgan fingerprint density at radius 1 is 1.25 bits per heavy atom. The number of ether oxygens (including phenoxy) is 1. The first-order chi connectivity index (χ1) is 11.5. The summed E-state index contributed by atoms with van der Waals surface area (Å²) in [6.07, 6.45) is 6.81. The Kier molecular flexibility index (Phi) is 6.97. The van der Waals surface area contributed by atoms with Crippen molar-refractivity contribution in [3.63, 3.8) is 0 Å². The number of carbonyl (C=O) groups is 1. The van der Waals surface area contributed by atoms with Gasteiger partial charge in [0.2, 0.25) is 5.91 Å². The molecule has 1 unspecified atom stereocenters. The standard InChI is InChI=1S/C18H26F2N2O2/c1-22(12-14-7-9-15(10-8-14)24-18(19)20)17(23)16(21)11-13-5-3-2-4-6-13/h7-10,13,16,18H,2-6,11-12,21H2,1H3. The monoisotopic (exact) mass is 340 g/mol. The van der Waals surface area contributed by atoms with Gasteiger partial charge in [-0.1, -0.05) is 44.2 Å². The van der Waals surface area contributed by atoms with Crippen LogP contribution < -0.4 is 10.5 Å². The van der Waals surface area contributed by atoms with Crippen molar-refractivity contribution in [2.75, 3.05) is 7.05 Å². The van der Waals surface area contributed by atoms with Gasteiger partial charge in [-0.25, -0.2) is 0 Å². The Balaban J connectivity index is 1.83. The van der Waals surface area contributed by atoms with Crippen LogP contribution in [0.5, 0.6) is 5.75 Å². The summed E-state index contributed by atoms with van der Waals surface area (Å²) < 4.78 is 28.6. The maximum absolute atomic E-state index is 12.4. The van der Waals surface area contributed by atoms with E-state index in [1.165, 1.54) is 31.4 Å². The maximum atomic E-state index is 12.4. The number of nitrogens with zero attached hydrogens (tertiary/aromatic N) is 1. The summed E-state index contributed by atoms with van der Waals surface area (Å²) in [5, 5.41) is 0. The number of alkyl halides is 2. The number of benzene rings is 1. The SMILES string of the molecule is CN(Cc1ccc(OC(F)F)cc1)C(=O)C(N)CC1CCCCC1. The van der Waals surface area contributed by atoms with Gasteiger partial charge in [0.1, 0.15) is 5.75 Å². The van der Waals surface area contributed by atoms with Crippen LogP contribution in [-0.2, 0) is 11.3 Å². The Morgan fingerprint density at radius 2 is 1.88 bits per heavy atom. The average Bonchev–Trinajstić information content (AvgIpc) is 2.56. The van der Waals surface area contributed by atoms with E-state index in [2.05, 4.69) is 4.74 Å². The number of likely N-dealkylation sites (N-methyl/N-ethyl adjacent to an activating group) is 1. The summed E-state index contributed by atoms with van der Waals surface area (Å²) in [5.74, 6) is 0.585. The molecule has 0 aromatic heterocycles. The molecule has 1 aliphatic carbocycles. The van der Waals surface area contributed by atoms with E-state index in [1.807, 2.05) is 0 Å². The molecule has 2 N–H and O–H groups in total. The summed E-state index contributed by atoms with van der Waals surface area (Å²) in [6, 6.07) is 5.82. The van der Waals surface area contributed by atoms with Gasteiger partial charge in [0, 0.05) is 13.6 Å². The maximum Gasteiger partial charge on any atom is 0.387 e. The van der Waals surface area contributed by atoms with Crippen molar-refractivity contribution in [2.24, 2.45) is 11.7 Å². The van der Waals surface area contributed by atoms with Gasteiger partial charge in [-0.15, -0.1) is 0 Å². The third-order valence-electron chi connectivity index (χ3n) is 4.57. The molecule has 24 heavy (non-hydrogen) atoms. The molecule has 0 bridgehead atoms. The lowest BCUT2D eigenvalue weighted by Gasteiger charge is -2.27. The number of amides is 1. The summed E-state index contributed by atoms with van der Waals surface area (Å²) in [6.45, 7) is -2.44. The highest BCUT2D eigenvalue weighted by Crippen LogP contribution is 2.27. The van der Waals surface area contributed by atoms with E-state index in [1.54, 1.807) is 24.1 Å². The van der Waals surface area contributed by atoms with Gasteiger partial charge in [-0.2, -0.15) is 8.78 Å². The minimum Gasteiger partial charge on any atom is -0.435 e. The quantitative estimate of drug-likeness (QED) is 0.826. The van der Waals surface area contributed by atoms with Crippen molar-refractivity contribution in [1.29, 1.82) is 0 Å². The zero-order valence-electron chi connectivity index (χ0n) is 14.1. The number of rotatable bonds is 7. The van der Waals surface area contributed by atoms with E-state index < -0.39 is 12.7 Å². The van der Waals surface area contributed by atoms with Crippen LogP contribution in [0, 0.1) is 5.92 Å². The molecule has 1 fully saturated rings. The Hall–Kier alpha value is -1.69. The third-order valence-corrected chi connectivity index (χ3v) is 4.57. The lowest BCUT2D eigenvalue weighted by atomic mass is 9.85. The van der Waals surface area contributed by atoms with Gasteiger partial charge in [-0.3, -0.25) is 4.79 Å². The molecule has 1 aromatic rings. The fourth-order valence-electron chi connectivity index (χ4n) is 3.29. The average molecular weight is 340 g/mol. The van der Waals surface area contributed by atoms with E-state index in [-0.39, 0.29) is 11.7 Å². The van der Waals surface area contributed by atoms with Crippen LogP contribution in [0.3, 0.4) is 0 Å². The van der Waals surface area contributed by atoms with Crippen molar-refractivity contribution in [3.8, 4) is 5.75 Å². The highest BCUT2D eigenvalue weighted by molar-refractivity contribution is 5.81. The first-order valence-corrected chi connectivity index (χ1v) is 8.50. The molecule has 0 aliphatic heterocycles. The minimum absolute atomic E-state index is 0.0755. The van der Waals surface area contributed by atoms with Crippen LogP contribution >= 0.6 is 0 Å². The molecule has 2 rings (SSSR count). The van der Waals surface area contributed by atoms with Gasteiger partial charge in [0.15, 0.2) is 0 Å². The fraction of sp³-hybridized carbons (Fsp3) is 0.611. The summed E-state index contributed by atoms with van der Waals surface area (Å²) >= 11 is 0. The normalized spacial score (nSPS) is 16.9. The van der Waals surface area contributed by atoms with E-state index in [0.717, 1.165) is 24.8 Å². The second-order valence-electron chi connectivity index (χ2n) is 6.56. The highest BCUT2D eigenvalue weighted by Gasteiger charge is 2.23. The van der Waals surface area contributed by atoms with Crippen LogP contribution in [0.25, 0.3) is 0 Å². The Labute approximate surface area is 142 Å². The fourth-order valence-corrected chi connectivity index (χ4v) is 3.29. The van der Waals surface area contributed by atoms with Crippen molar-refractivity contribution in [1.82, 2.24) is 4.90 Å². The molecule has 0 heterocycles. The first-order valence-electron chi connectivity index (χ1n) is 8.50. The topological polar surface area (TPSA) is 55.6 Å². The second-order valence-corrected chi connectivity index (χ2v) is 6.56. The molecule has 1 amide bonds. The number of halogens is 2. The van der Waals surface area contributed by atoms with Gasteiger partial charge in [-0.05, 0) is 30.0 Å². The van der Waals surface area contributed by atoms with E-state index >= 15 is 0 Å². The second kappa shape index (κ2) is 8.97. The molecular formula is C18H26F2N2O2. The Bertz CT molecular complexity index is 516. The van der Waals surface area contributed by atoms with Crippen LogP contribution in [0.1, 0.15) is 44.1 Å². The van der Waals surface area contributed by atoms with Crippen LogP contribution in [0.15, 0.2) is 24.3 Å². The zero-order chi connectivity index (χ0) is 17.5. The highest BCUT2D eigenvalue weighted by atomic mass is 19.3. The molecule has 0 spiro atoms. The molecule has 6 heteroatoms. The lowest BCUT2D eigenvalue weighted by molar-refractivity contribution is -0.132. The predicted octanol–water partition coefficient (Wildman–Crippen LogP) is 3.54. The summed E-state index contributed by atoms with van der Waals surface area (Å²) in [4.78, 5) is 14.0. The van der Waals surface area contributed by atoms with E-state index in [4.69, 9.17) is 5.73 Å². The largest absolute Gasteiger partial charge is 0.435 e. The third kappa shape index (κ3) is 5.74. The van der Waals surface area contributed by atoms with Crippen molar-refractivity contribution < 1.29 is 18.3 Å². The van der Waals surface area contributed by atoms with Crippen LogP contribution in [0.2, 0.25) is 0 Å². The molecule has 134 valence electrons. The number of hydrogen-bond donors (Lipinski definition) is 1. The van der Waals surface area contributed by atoms with Crippen LogP contribution in [0.4, 0.5) is 8.78 Å². The molecular weight excluding hydrogens is 314 g/mol. The minimum atomic E-state index is -2.84. The molecule has 0 saturated heterocycles. The van der Waals surface area contributed by atoms with Gasteiger partial charge in [0.05, 0.1) is 6.04 Å². The lowest BCUT2D eigenvalue weighted by Crippen LogP contribution is -2.42. The van der Waals surface area contributed by atoms with Gasteiger partial charge in [0.25, 0.3) is 0 Å². The smallest absolute Gasteiger partial charge is 0.387 e. The predicted molar refractivity (Wildman–Crippen MR) is 88.7 cm³/mol. The molecule has 1 atom stereocenters. The molecule has 1 aliphatic rings. The zero-order valence-corrected chi connectivity index (χ0v) is 14.1. The van der Waals surface area contributed by atoms with Gasteiger partial charge < -0.3 is 15.4 Å². The molecule has 0 radical (unpaired) electrons. The summed E-state index contributed by atoms with van der Waals surface area (Å²) in [5.41, 5.74) is 6.93. The van der Waals surface area contributed by atoms with Gasteiger partial charge >= 0.3 is 6.61 Å². The number of hydrogen-bond acceptors (Lipinski definition) is 3. The first kappa shape index (κ1) is 18.6. The van der Waals surface area contributed by atoms with Crippen molar-refractivity contribution >= 4 is 5.91 Å². The molecule has 1 saturated carbocycles. The number of nitrogens with two attached hydrogens (primary N) is 1. The number of carbonyl (C=O) groups excluding carboxylic acids is 1. The van der Waals surface area contributed by atoms with E-state index in [9.17, 15) is 13.6 Å². The molecule has 4 nitrogen and oxygen atoms in total. The molecule has 1 aromatic carbocycles. The van der Waals surface area contributed by atoms with Crippen LogP contribution in [-0.4, -0.2) is 30.5 Å². The van der Waals surface area contributed by atoms with E-state index in [0.29, 0.717) is 12.5 Å². The van der Waals surface area contributed by atoms with Crippen molar-refractivity contribution in [3.05, 3.63) is 29.8 Å².